The third-order valence-corrected chi connectivity index (χ3v) is 13.4. The van der Waals surface area contributed by atoms with E-state index in [-0.39, 0.29) is 30.1 Å². The topological polar surface area (TPSA) is 194 Å². The van der Waals surface area contributed by atoms with Gasteiger partial charge in [0.05, 0.1) is 47.9 Å². The Hall–Kier alpha value is -2.86. The van der Waals surface area contributed by atoms with Crippen molar-refractivity contribution in [1.82, 2.24) is 9.62 Å². The summed E-state index contributed by atoms with van der Waals surface area (Å²) in [6, 6.07) is 13.4. The van der Waals surface area contributed by atoms with Crippen molar-refractivity contribution >= 4 is 16.0 Å². The molecule has 0 saturated carbocycles. The second-order valence-electron chi connectivity index (χ2n) is 16.3. The Bertz CT molecular complexity index is 1660. The van der Waals surface area contributed by atoms with Crippen LogP contribution in [0.25, 0.3) is 0 Å². The van der Waals surface area contributed by atoms with Crippen molar-refractivity contribution in [2.24, 2.45) is 17.8 Å². The van der Waals surface area contributed by atoms with E-state index in [0.717, 1.165) is 0 Å². The quantitative estimate of drug-likeness (QED) is 0.232. The molecule has 56 heavy (non-hydrogen) atoms. The zero-order valence-electron chi connectivity index (χ0n) is 34.4. The number of esters is 1. The number of aliphatic hydroxyl groups is 4. The van der Waals surface area contributed by atoms with Crippen molar-refractivity contribution in [3.63, 3.8) is 0 Å². The summed E-state index contributed by atoms with van der Waals surface area (Å²) in [4.78, 5) is 13.7. The number of ether oxygens (including phenoxy) is 5. The molecule has 0 aliphatic carbocycles. The third kappa shape index (κ3) is 10.4. The number of methoxy groups -OCH3 is 1. The molecule has 316 valence electrons. The van der Waals surface area contributed by atoms with E-state index in [1.165, 1.54) is 44.4 Å². The maximum Gasteiger partial charge on any atom is 0.311 e. The fourth-order valence-electron chi connectivity index (χ4n) is 8.07. The normalized spacial score (nSPS) is 38.2. The zero-order valence-corrected chi connectivity index (χ0v) is 35.2. The lowest BCUT2D eigenvalue weighted by Gasteiger charge is -2.47. The van der Waals surface area contributed by atoms with E-state index < -0.39 is 94.0 Å². The molecule has 0 aromatic heterocycles. The monoisotopic (exact) mass is 808 g/mol. The fourth-order valence-corrected chi connectivity index (χ4v) is 9.47. The largest absolute Gasteiger partial charge is 0.497 e. The van der Waals surface area contributed by atoms with Gasteiger partial charge >= 0.3 is 5.97 Å². The van der Waals surface area contributed by atoms with E-state index in [1.54, 1.807) is 77.1 Å². The zero-order chi connectivity index (χ0) is 41.7. The molecule has 2 aliphatic rings. The van der Waals surface area contributed by atoms with Gasteiger partial charge in [0.1, 0.15) is 29.3 Å². The number of aliphatic hydroxyl groups excluding tert-OH is 2. The number of hydrogen-bond donors (Lipinski definition) is 5. The molecule has 2 saturated heterocycles. The van der Waals surface area contributed by atoms with Gasteiger partial charge in [0.15, 0.2) is 12.4 Å². The molecule has 15 heteroatoms. The Morgan fingerprint density at radius 2 is 1.57 bits per heavy atom. The first-order chi connectivity index (χ1) is 26.1. The fraction of sp³-hybridized carbons (Fsp3) is 0.683. The van der Waals surface area contributed by atoms with Crippen molar-refractivity contribution in [3.05, 3.63) is 54.6 Å². The molecule has 0 radical (unpaired) electrons. The summed E-state index contributed by atoms with van der Waals surface area (Å²) in [5.74, 6) is -2.15. The number of sulfonamides is 1. The lowest BCUT2D eigenvalue weighted by molar-refractivity contribution is -0.293. The summed E-state index contributed by atoms with van der Waals surface area (Å²) in [6.45, 7) is 13.6. The van der Waals surface area contributed by atoms with E-state index >= 15 is 0 Å². The highest BCUT2D eigenvalue weighted by Crippen LogP contribution is 2.38. The molecule has 14 atom stereocenters. The van der Waals surface area contributed by atoms with E-state index in [9.17, 15) is 33.6 Å². The Balaban J connectivity index is 1.78. The molecule has 2 heterocycles. The summed E-state index contributed by atoms with van der Waals surface area (Å²) >= 11 is 0. The SMILES string of the molecule is CC[C@H]1OC(=O)[C@H](C)[C@@H](O)[C@H](C)[C@@H](O[C@@H]2O[C@H](C)C[C@H](N(C)S(=O)(=O)c3ccccc3)[C@H]2Oc2ccc(OC)cc2)[C@](C)(O)C[C@@H](C)CN[C@H](C)[C@@H](O)[C@]1(C)O. The van der Waals surface area contributed by atoms with Crippen molar-refractivity contribution < 1.29 is 57.3 Å². The molecular formula is C41H64N2O12S. The van der Waals surface area contributed by atoms with Crippen LogP contribution in [0.5, 0.6) is 11.5 Å². The lowest BCUT2D eigenvalue weighted by Crippen LogP contribution is -2.61. The molecule has 0 spiro atoms. The predicted molar refractivity (Wildman–Crippen MR) is 209 cm³/mol. The van der Waals surface area contributed by atoms with Crippen molar-refractivity contribution in [2.75, 3.05) is 20.7 Å². The van der Waals surface area contributed by atoms with E-state index in [2.05, 4.69) is 5.32 Å². The number of likely N-dealkylation sites (N-methyl/N-ethyl adjacent to an activating group) is 1. The maximum absolute atomic E-state index is 14.1. The van der Waals surface area contributed by atoms with Crippen LogP contribution in [0.3, 0.4) is 0 Å². The Morgan fingerprint density at radius 1 is 0.964 bits per heavy atom. The Morgan fingerprint density at radius 3 is 2.16 bits per heavy atom. The van der Waals surface area contributed by atoms with Gasteiger partial charge in [-0.15, -0.1) is 0 Å². The van der Waals surface area contributed by atoms with Crippen molar-refractivity contribution in [2.45, 2.75) is 146 Å². The van der Waals surface area contributed by atoms with Crippen LogP contribution in [0.1, 0.15) is 74.7 Å². The predicted octanol–water partition coefficient (Wildman–Crippen LogP) is 3.49. The molecule has 0 amide bonds. The number of rotatable bonds is 9. The van der Waals surface area contributed by atoms with Crippen LogP contribution >= 0.6 is 0 Å². The van der Waals surface area contributed by atoms with Gasteiger partial charge < -0.3 is 49.4 Å². The first kappa shape index (κ1) is 45.8. The summed E-state index contributed by atoms with van der Waals surface area (Å²) in [6.07, 6.45) is -7.38. The van der Waals surface area contributed by atoms with Gasteiger partial charge in [0.25, 0.3) is 0 Å². The molecule has 2 aromatic carbocycles. The molecule has 4 rings (SSSR count). The number of nitrogens with zero attached hydrogens (tertiary/aromatic N) is 1. The molecule has 5 N–H and O–H groups in total. The van der Waals surface area contributed by atoms with Gasteiger partial charge in [-0.2, -0.15) is 4.31 Å². The number of cyclic esters (lactones) is 1. The van der Waals surface area contributed by atoms with E-state index in [0.29, 0.717) is 18.0 Å². The molecule has 2 aliphatic heterocycles. The van der Waals surface area contributed by atoms with Gasteiger partial charge in [-0.3, -0.25) is 4.79 Å². The average Bonchev–Trinajstić information content (AvgIpc) is 3.17. The highest BCUT2D eigenvalue weighted by atomic mass is 32.2. The van der Waals surface area contributed by atoms with Gasteiger partial charge in [0.2, 0.25) is 10.0 Å². The van der Waals surface area contributed by atoms with Gasteiger partial charge in [-0.25, -0.2) is 8.42 Å². The minimum Gasteiger partial charge on any atom is -0.497 e. The van der Waals surface area contributed by atoms with Crippen LogP contribution in [-0.4, -0.2) is 126 Å². The molecular weight excluding hydrogens is 745 g/mol. The smallest absolute Gasteiger partial charge is 0.311 e. The second-order valence-corrected chi connectivity index (χ2v) is 18.3. The molecule has 0 unspecified atom stereocenters. The van der Waals surface area contributed by atoms with Crippen LogP contribution in [0.4, 0.5) is 0 Å². The molecule has 2 fully saturated rings. The van der Waals surface area contributed by atoms with Gasteiger partial charge in [0, 0.05) is 19.0 Å². The molecule has 0 bridgehead atoms. The van der Waals surface area contributed by atoms with Crippen molar-refractivity contribution in [1.29, 1.82) is 0 Å². The standard InChI is InChI=1S/C41H64N2O12S/c1-11-33-41(8,48)36(45)28(6)42-23-24(2)22-40(7,47)37(26(4)34(44)27(5)38(46)54-33)55-39-35(53-30-19-17-29(51-10)18-20-30)32(21-25(3)52-39)43(9)56(49,50)31-15-13-12-14-16-31/h12-20,24-28,32-37,39,42,44-45,47-48H,11,21-23H2,1-10H3/t24-,25-,26+,27-,28-,32+,33-,34+,35-,36-,37-,39+,40-,41-/m1/s1. The molecule has 2 aromatic rings. The van der Waals surface area contributed by atoms with Crippen LogP contribution < -0.4 is 14.8 Å². The van der Waals surface area contributed by atoms with Crippen LogP contribution in [0.15, 0.2) is 59.5 Å². The van der Waals surface area contributed by atoms with Crippen LogP contribution in [-0.2, 0) is 29.0 Å². The number of carbonyl (C=O) groups is 1. The van der Waals surface area contributed by atoms with Crippen molar-refractivity contribution in [3.8, 4) is 11.5 Å². The number of hydrogen-bond acceptors (Lipinski definition) is 13. The number of carbonyl (C=O) groups excluding carboxylic acids is 1. The molecule has 14 nitrogen and oxygen atoms in total. The first-order valence-electron chi connectivity index (χ1n) is 19.5. The lowest BCUT2D eigenvalue weighted by atomic mass is 9.78. The Labute approximate surface area is 332 Å². The average molecular weight is 809 g/mol. The summed E-state index contributed by atoms with van der Waals surface area (Å²) < 4.78 is 60.3. The minimum atomic E-state index is -4.04. The van der Waals surface area contributed by atoms with Gasteiger partial charge in [-0.05, 0) is 103 Å². The number of nitrogens with one attached hydrogen (secondary N) is 1. The highest BCUT2D eigenvalue weighted by Gasteiger charge is 2.51. The number of benzene rings is 2. The highest BCUT2D eigenvalue weighted by molar-refractivity contribution is 7.89. The summed E-state index contributed by atoms with van der Waals surface area (Å²) in [5.41, 5.74) is -3.49. The maximum atomic E-state index is 14.1. The van der Waals surface area contributed by atoms with E-state index in [1.807, 2.05) is 6.92 Å². The second kappa shape index (κ2) is 18.8. The van der Waals surface area contributed by atoms with Gasteiger partial charge in [-0.1, -0.05) is 39.0 Å². The third-order valence-electron chi connectivity index (χ3n) is 11.5. The summed E-state index contributed by atoms with van der Waals surface area (Å²) in [5, 5.41) is 50.1. The summed E-state index contributed by atoms with van der Waals surface area (Å²) in [7, 11) is -1.01. The first-order valence-corrected chi connectivity index (χ1v) is 21.0. The van der Waals surface area contributed by atoms with E-state index in [4.69, 9.17) is 23.7 Å². The van der Waals surface area contributed by atoms with Crippen LogP contribution in [0, 0.1) is 17.8 Å². The minimum absolute atomic E-state index is 0.0981. The van der Waals surface area contributed by atoms with Crippen LogP contribution in [0.2, 0.25) is 0 Å². The Kier molecular flexibility index (Phi) is 15.4.